The van der Waals surface area contributed by atoms with Crippen molar-refractivity contribution in [3.63, 3.8) is 0 Å². The van der Waals surface area contributed by atoms with Crippen LogP contribution in [0.2, 0.25) is 0 Å². The number of piperidine rings is 1. The fraction of sp³-hybridized carbons (Fsp3) is 0.438. The number of amides is 2. The zero-order chi connectivity index (χ0) is 15.9. The molecule has 0 bridgehead atoms. The first-order valence-corrected chi connectivity index (χ1v) is 8.06. The maximum atomic E-state index is 12.0. The molecule has 1 aliphatic heterocycles. The lowest BCUT2D eigenvalue weighted by molar-refractivity contribution is -0.131. The summed E-state index contributed by atoms with van der Waals surface area (Å²) in [6.45, 7) is 1.20. The Balaban J connectivity index is 1.76. The average Bonchev–Trinajstić information content (AvgIpc) is 2.50. The third-order valence-corrected chi connectivity index (χ3v) is 4.25. The number of rotatable bonds is 4. The van der Waals surface area contributed by atoms with Gasteiger partial charge >= 0.3 is 0 Å². The van der Waals surface area contributed by atoms with Gasteiger partial charge in [-0.05, 0) is 30.5 Å². The fourth-order valence-corrected chi connectivity index (χ4v) is 2.78. The monoisotopic (exact) mass is 363 g/mol. The number of nitrogens with one attached hydrogen (secondary N) is 1. The molecule has 6 heteroatoms. The Morgan fingerprint density at radius 1 is 1.27 bits per heavy atom. The highest BCUT2D eigenvalue weighted by atomic mass is 79.9. The van der Waals surface area contributed by atoms with Crippen molar-refractivity contribution in [3.05, 3.63) is 34.3 Å². The van der Waals surface area contributed by atoms with E-state index in [4.69, 9.17) is 5.26 Å². The van der Waals surface area contributed by atoms with Crippen LogP contribution in [0.1, 0.15) is 24.8 Å². The lowest BCUT2D eigenvalue weighted by atomic mass is 10.0. The van der Waals surface area contributed by atoms with Crippen LogP contribution in [0.5, 0.6) is 0 Å². The highest BCUT2D eigenvalue weighted by Crippen LogP contribution is 2.13. The minimum atomic E-state index is -0.123. The molecule has 1 aliphatic rings. The molecule has 116 valence electrons. The number of nitriles is 1. The molecule has 0 aliphatic carbocycles. The Morgan fingerprint density at radius 2 is 1.91 bits per heavy atom. The number of carbonyl (C=O) groups is 2. The molecule has 2 amide bonds. The van der Waals surface area contributed by atoms with Crippen molar-refractivity contribution in [1.82, 2.24) is 10.2 Å². The molecule has 2 rings (SSSR count). The third-order valence-electron chi connectivity index (χ3n) is 3.72. The molecule has 1 N–H and O–H groups in total. The lowest BCUT2D eigenvalue weighted by Crippen LogP contribution is -2.46. The largest absolute Gasteiger partial charge is 0.353 e. The summed E-state index contributed by atoms with van der Waals surface area (Å²) in [5.74, 6) is -0.119. The lowest BCUT2D eigenvalue weighted by Gasteiger charge is -2.32. The Labute approximate surface area is 138 Å². The summed E-state index contributed by atoms with van der Waals surface area (Å²) in [6.07, 6.45) is 1.77. The van der Waals surface area contributed by atoms with E-state index in [-0.39, 0.29) is 24.3 Å². The second-order valence-corrected chi connectivity index (χ2v) is 6.28. The minimum absolute atomic E-state index is 0.00382. The van der Waals surface area contributed by atoms with Gasteiger partial charge in [0.15, 0.2) is 0 Å². The molecule has 0 saturated carbocycles. The Kier molecular flexibility index (Phi) is 5.96. The van der Waals surface area contributed by atoms with Crippen molar-refractivity contribution in [3.8, 4) is 6.07 Å². The Hall–Kier alpha value is -1.87. The molecule has 1 heterocycles. The zero-order valence-electron chi connectivity index (χ0n) is 12.2. The second-order valence-electron chi connectivity index (χ2n) is 5.36. The number of nitrogens with zero attached hydrogens (tertiary/aromatic N) is 2. The molecular weight excluding hydrogens is 346 g/mol. The van der Waals surface area contributed by atoms with E-state index in [9.17, 15) is 9.59 Å². The molecule has 0 unspecified atom stereocenters. The van der Waals surface area contributed by atoms with E-state index in [1.54, 1.807) is 4.90 Å². The van der Waals surface area contributed by atoms with E-state index < -0.39 is 0 Å². The summed E-state index contributed by atoms with van der Waals surface area (Å²) < 4.78 is 0.992. The van der Waals surface area contributed by atoms with Gasteiger partial charge in [0.2, 0.25) is 11.8 Å². The highest BCUT2D eigenvalue weighted by molar-refractivity contribution is 9.10. The van der Waals surface area contributed by atoms with Crippen molar-refractivity contribution in [2.75, 3.05) is 13.1 Å². The van der Waals surface area contributed by atoms with Gasteiger partial charge in [0.25, 0.3) is 0 Å². The van der Waals surface area contributed by atoms with E-state index in [1.807, 2.05) is 30.3 Å². The number of halogens is 1. The predicted molar refractivity (Wildman–Crippen MR) is 85.8 cm³/mol. The Morgan fingerprint density at radius 3 is 2.50 bits per heavy atom. The molecule has 1 fully saturated rings. The van der Waals surface area contributed by atoms with E-state index in [1.165, 1.54) is 0 Å². The topological polar surface area (TPSA) is 73.2 Å². The van der Waals surface area contributed by atoms with E-state index in [0.29, 0.717) is 19.5 Å². The van der Waals surface area contributed by atoms with Crippen LogP contribution in [0.4, 0.5) is 0 Å². The number of hydrogen-bond acceptors (Lipinski definition) is 3. The summed E-state index contributed by atoms with van der Waals surface area (Å²) in [4.78, 5) is 25.3. The van der Waals surface area contributed by atoms with Crippen LogP contribution in [-0.4, -0.2) is 35.8 Å². The molecular formula is C16H18BrN3O2. The van der Waals surface area contributed by atoms with E-state index in [0.717, 1.165) is 22.9 Å². The molecule has 0 atom stereocenters. The van der Waals surface area contributed by atoms with Gasteiger partial charge in [-0.1, -0.05) is 28.1 Å². The summed E-state index contributed by atoms with van der Waals surface area (Å²) >= 11 is 3.37. The number of carbonyl (C=O) groups excluding carboxylic acids is 2. The molecule has 1 aromatic carbocycles. The van der Waals surface area contributed by atoms with E-state index in [2.05, 4.69) is 21.2 Å². The first-order chi connectivity index (χ1) is 10.6. The quantitative estimate of drug-likeness (QED) is 0.888. The maximum Gasteiger partial charge on any atom is 0.236 e. The normalized spacial score (nSPS) is 15.2. The Bertz CT molecular complexity index is 572. The summed E-state index contributed by atoms with van der Waals surface area (Å²) in [6, 6.07) is 9.66. The third kappa shape index (κ3) is 4.85. The van der Waals surface area contributed by atoms with Gasteiger partial charge in [0.1, 0.15) is 6.42 Å². The van der Waals surface area contributed by atoms with Crippen molar-refractivity contribution in [2.45, 2.75) is 31.7 Å². The van der Waals surface area contributed by atoms with Gasteiger partial charge in [0, 0.05) is 23.6 Å². The van der Waals surface area contributed by atoms with Crippen molar-refractivity contribution in [1.29, 1.82) is 5.26 Å². The molecule has 1 saturated heterocycles. The molecule has 0 radical (unpaired) electrons. The predicted octanol–water partition coefficient (Wildman–Crippen LogP) is 2.01. The second kappa shape index (κ2) is 7.95. The fourth-order valence-electron chi connectivity index (χ4n) is 2.52. The van der Waals surface area contributed by atoms with Gasteiger partial charge in [-0.15, -0.1) is 0 Å². The van der Waals surface area contributed by atoms with Crippen LogP contribution >= 0.6 is 15.9 Å². The molecule has 22 heavy (non-hydrogen) atoms. The maximum absolute atomic E-state index is 12.0. The summed E-state index contributed by atoms with van der Waals surface area (Å²) in [7, 11) is 0. The summed E-state index contributed by atoms with van der Waals surface area (Å²) in [5, 5.41) is 11.6. The van der Waals surface area contributed by atoms with Crippen LogP contribution in [0.25, 0.3) is 0 Å². The number of likely N-dealkylation sites (tertiary alicyclic amines) is 1. The smallest absolute Gasteiger partial charge is 0.236 e. The molecule has 0 spiro atoms. The van der Waals surface area contributed by atoms with Gasteiger partial charge in [-0.2, -0.15) is 5.26 Å². The number of hydrogen-bond donors (Lipinski definition) is 1. The molecule has 0 aromatic heterocycles. The van der Waals surface area contributed by atoms with Gasteiger partial charge in [-0.25, -0.2) is 0 Å². The molecule has 1 aromatic rings. The van der Waals surface area contributed by atoms with Crippen molar-refractivity contribution >= 4 is 27.7 Å². The van der Waals surface area contributed by atoms with Crippen LogP contribution in [0, 0.1) is 11.3 Å². The first kappa shape index (κ1) is 16.5. The van der Waals surface area contributed by atoms with Crippen molar-refractivity contribution in [2.24, 2.45) is 0 Å². The van der Waals surface area contributed by atoms with Gasteiger partial charge in [0.05, 0.1) is 12.5 Å². The van der Waals surface area contributed by atoms with Crippen molar-refractivity contribution < 1.29 is 9.59 Å². The summed E-state index contributed by atoms with van der Waals surface area (Å²) in [5.41, 5.74) is 0.974. The first-order valence-electron chi connectivity index (χ1n) is 7.27. The standard InChI is InChI=1S/C16H18BrN3O2/c17-13-3-1-12(2-4-13)11-15(21)19-14-6-9-20(10-7-14)16(22)5-8-18/h1-4,14H,5-7,9-11H2,(H,19,21). The van der Waals surface area contributed by atoms with Crippen LogP contribution in [0.3, 0.4) is 0 Å². The van der Waals surface area contributed by atoms with Gasteiger partial charge < -0.3 is 10.2 Å². The SMILES string of the molecule is N#CCC(=O)N1CCC(NC(=O)Cc2ccc(Br)cc2)CC1. The van der Waals surface area contributed by atoms with Crippen LogP contribution in [-0.2, 0) is 16.0 Å². The highest BCUT2D eigenvalue weighted by Gasteiger charge is 2.23. The zero-order valence-corrected chi connectivity index (χ0v) is 13.8. The number of benzene rings is 1. The van der Waals surface area contributed by atoms with Gasteiger partial charge in [-0.3, -0.25) is 9.59 Å². The van der Waals surface area contributed by atoms with Crippen LogP contribution in [0.15, 0.2) is 28.7 Å². The van der Waals surface area contributed by atoms with E-state index >= 15 is 0 Å². The van der Waals surface area contributed by atoms with Crippen LogP contribution < -0.4 is 5.32 Å². The minimum Gasteiger partial charge on any atom is -0.353 e. The molecule has 5 nitrogen and oxygen atoms in total. The average molecular weight is 364 g/mol.